The molecule has 0 bridgehead atoms. The molecule has 8 heteroatoms. The molecule has 3 aromatic rings. The second-order valence-corrected chi connectivity index (χ2v) is 5.77. The number of benzene rings is 2. The third-order valence-corrected chi connectivity index (χ3v) is 4.05. The first-order valence-corrected chi connectivity index (χ1v) is 8.65. The van der Waals surface area contributed by atoms with Crippen LogP contribution in [0.5, 0.6) is 11.5 Å². The Morgan fingerprint density at radius 2 is 1.93 bits per heavy atom. The summed E-state index contributed by atoms with van der Waals surface area (Å²) >= 11 is 0. The third-order valence-electron chi connectivity index (χ3n) is 4.05. The van der Waals surface area contributed by atoms with Gasteiger partial charge in [-0.25, -0.2) is 14.2 Å². The van der Waals surface area contributed by atoms with E-state index in [0.29, 0.717) is 5.69 Å². The summed E-state index contributed by atoms with van der Waals surface area (Å²) in [6.07, 6.45) is 1.62. The van der Waals surface area contributed by atoms with E-state index in [4.69, 9.17) is 14.2 Å². The minimum Gasteiger partial charge on any atom is -0.496 e. The van der Waals surface area contributed by atoms with E-state index in [-0.39, 0.29) is 35.9 Å². The number of rotatable bonds is 7. The standard InChI is InChI=1S/C20H20FN3O4/c1-4-28-20(25)17-16(26-2)9-15(18(21)19(17)27-3)23-11-12-10-22-13-7-5-6-8-14(13)24-12/h5-10,23H,4,11H2,1-3H3. The van der Waals surface area contributed by atoms with Crippen LogP contribution in [-0.4, -0.2) is 36.8 Å². The van der Waals surface area contributed by atoms with Gasteiger partial charge in [0.2, 0.25) is 0 Å². The van der Waals surface area contributed by atoms with Crippen LogP contribution in [0.2, 0.25) is 0 Å². The molecule has 28 heavy (non-hydrogen) atoms. The molecule has 146 valence electrons. The second-order valence-electron chi connectivity index (χ2n) is 5.77. The van der Waals surface area contributed by atoms with Crippen LogP contribution in [0.3, 0.4) is 0 Å². The number of nitrogens with one attached hydrogen (secondary N) is 1. The van der Waals surface area contributed by atoms with Gasteiger partial charge in [0.15, 0.2) is 11.6 Å². The summed E-state index contributed by atoms with van der Waals surface area (Å²) in [7, 11) is 2.66. The number of para-hydroxylation sites is 2. The fourth-order valence-electron chi connectivity index (χ4n) is 2.75. The lowest BCUT2D eigenvalue weighted by Gasteiger charge is -2.16. The molecule has 0 amide bonds. The molecular weight excluding hydrogens is 365 g/mol. The summed E-state index contributed by atoms with van der Waals surface area (Å²) in [4.78, 5) is 21.0. The number of carbonyl (C=O) groups is 1. The van der Waals surface area contributed by atoms with Gasteiger partial charge in [-0.1, -0.05) is 12.1 Å². The quantitative estimate of drug-likeness (QED) is 0.623. The van der Waals surface area contributed by atoms with E-state index in [0.717, 1.165) is 11.0 Å². The van der Waals surface area contributed by atoms with Crippen molar-refractivity contribution in [2.45, 2.75) is 13.5 Å². The molecule has 3 rings (SSSR count). The molecule has 0 spiro atoms. The van der Waals surface area contributed by atoms with Crippen LogP contribution in [0.25, 0.3) is 11.0 Å². The van der Waals surface area contributed by atoms with Gasteiger partial charge < -0.3 is 19.5 Å². The number of nitrogens with zero attached hydrogens (tertiary/aromatic N) is 2. The van der Waals surface area contributed by atoms with Gasteiger partial charge >= 0.3 is 5.97 Å². The SMILES string of the molecule is CCOC(=O)c1c(OC)cc(NCc2cnc3ccccc3n2)c(F)c1OC. The van der Waals surface area contributed by atoms with Crippen molar-refractivity contribution < 1.29 is 23.4 Å². The largest absolute Gasteiger partial charge is 0.496 e. The summed E-state index contributed by atoms with van der Waals surface area (Å²) in [6.45, 7) is 2.03. The third kappa shape index (κ3) is 3.80. The highest BCUT2D eigenvalue weighted by atomic mass is 19.1. The smallest absolute Gasteiger partial charge is 0.345 e. The van der Waals surface area contributed by atoms with Gasteiger partial charge in [0.05, 0.1) is 56.0 Å². The predicted molar refractivity (Wildman–Crippen MR) is 102 cm³/mol. The molecule has 0 saturated heterocycles. The Balaban J connectivity index is 1.91. The number of halogens is 1. The van der Waals surface area contributed by atoms with E-state index < -0.39 is 11.8 Å². The first-order chi connectivity index (χ1) is 13.6. The zero-order chi connectivity index (χ0) is 20.1. The fourth-order valence-corrected chi connectivity index (χ4v) is 2.75. The van der Waals surface area contributed by atoms with E-state index in [2.05, 4.69) is 15.3 Å². The van der Waals surface area contributed by atoms with Crippen molar-refractivity contribution in [1.82, 2.24) is 9.97 Å². The lowest BCUT2D eigenvalue weighted by atomic mass is 10.1. The molecule has 0 fully saturated rings. The van der Waals surface area contributed by atoms with E-state index in [1.807, 2.05) is 24.3 Å². The monoisotopic (exact) mass is 385 g/mol. The van der Waals surface area contributed by atoms with Crippen molar-refractivity contribution in [1.29, 1.82) is 0 Å². The molecule has 0 aliphatic rings. The topological polar surface area (TPSA) is 82.6 Å². The summed E-state index contributed by atoms with van der Waals surface area (Å²) in [5.41, 5.74) is 2.16. The molecule has 0 radical (unpaired) electrons. The van der Waals surface area contributed by atoms with Gasteiger partial charge in [-0.2, -0.15) is 0 Å². The van der Waals surface area contributed by atoms with Crippen molar-refractivity contribution in [3.63, 3.8) is 0 Å². The Kier molecular flexibility index (Phi) is 5.88. The van der Waals surface area contributed by atoms with Gasteiger partial charge in [0, 0.05) is 6.07 Å². The fraction of sp³-hybridized carbons (Fsp3) is 0.250. The first kappa shape index (κ1) is 19.3. The van der Waals surface area contributed by atoms with Gasteiger partial charge in [-0.3, -0.25) is 4.98 Å². The molecule has 0 unspecified atom stereocenters. The van der Waals surface area contributed by atoms with Crippen molar-refractivity contribution in [3.8, 4) is 11.5 Å². The molecule has 1 heterocycles. The molecule has 0 aliphatic heterocycles. The van der Waals surface area contributed by atoms with Crippen LogP contribution in [0, 0.1) is 5.82 Å². The molecule has 0 aliphatic carbocycles. The van der Waals surface area contributed by atoms with Crippen molar-refractivity contribution in [2.75, 3.05) is 26.1 Å². The Morgan fingerprint density at radius 1 is 1.18 bits per heavy atom. The molecule has 1 N–H and O–H groups in total. The zero-order valence-corrected chi connectivity index (χ0v) is 15.8. The highest BCUT2D eigenvalue weighted by Gasteiger charge is 2.26. The maximum Gasteiger partial charge on any atom is 0.345 e. The minimum atomic E-state index is -0.722. The summed E-state index contributed by atoms with van der Waals surface area (Å²) in [5.74, 6) is -1.55. The Bertz CT molecular complexity index is 1010. The molecule has 2 aromatic carbocycles. The average molecular weight is 385 g/mol. The van der Waals surface area contributed by atoms with Gasteiger partial charge in [0.25, 0.3) is 0 Å². The highest BCUT2D eigenvalue weighted by molar-refractivity contribution is 5.96. The van der Waals surface area contributed by atoms with Crippen LogP contribution in [-0.2, 0) is 11.3 Å². The van der Waals surface area contributed by atoms with Crippen LogP contribution >= 0.6 is 0 Å². The molecule has 0 atom stereocenters. The van der Waals surface area contributed by atoms with Crippen LogP contribution in [0.1, 0.15) is 23.0 Å². The number of carbonyl (C=O) groups excluding carboxylic acids is 1. The number of methoxy groups -OCH3 is 2. The normalized spacial score (nSPS) is 10.6. The van der Waals surface area contributed by atoms with E-state index >= 15 is 0 Å². The van der Waals surface area contributed by atoms with Gasteiger partial charge in [-0.05, 0) is 19.1 Å². The molecule has 7 nitrogen and oxygen atoms in total. The Labute approximate surface area is 161 Å². The number of hydrogen-bond donors (Lipinski definition) is 1. The Hall–Kier alpha value is -3.42. The van der Waals surface area contributed by atoms with E-state index in [9.17, 15) is 9.18 Å². The summed E-state index contributed by atoms with van der Waals surface area (Å²) < 4.78 is 30.3. The minimum absolute atomic E-state index is 0.0969. The second kappa shape index (κ2) is 8.51. The average Bonchev–Trinajstić information content (AvgIpc) is 2.72. The maximum atomic E-state index is 14.9. The zero-order valence-electron chi connectivity index (χ0n) is 15.8. The van der Waals surface area contributed by atoms with Crippen LogP contribution in [0.4, 0.5) is 10.1 Å². The van der Waals surface area contributed by atoms with Crippen LogP contribution < -0.4 is 14.8 Å². The number of hydrogen-bond acceptors (Lipinski definition) is 7. The van der Waals surface area contributed by atoms with Crippen molar-refractivity contribution >= 4 is 22.7 Å². The lowest BCUT2D eigenvalue weighted by Crippen LogP contribution is -2.12. The number of aromatic nitrogens is 2. The number of anilines is 1. The van der Waals surface area contributed by atoms with Crippen molar-refractivity contribution in [2.24, 2.45) is 0 Å². The van der Waals surface area contributed by atoms with Gasteiger partial charge in [-0.15, -0.1) is 0 Å². The van der Waals surface area contributed by atoms with Gasteiger partial charge in [0.1, 0.15) is 11.3 Å². The lowest BCUT2D eigenvalue weighted by molar-refractivity contribution is 0.0518. The number of esters is 1. The van der Waals surface area contributed by atoms with E-state index in [1.54, 1.807) is 13.1 Å². The number of ether oxygens (including phenoxy) is 3. The van der Waals surface area contributed by atoms with E-state index in [1.165, 1.54) is 20.3 Å². The molecule has 0 saturated carbocycles. The summed E-state index contributed by atoms with van der Waals surface area (Å²) in [6, 6.07) is 8.86. The van der Waals surface area contributed by atoms with Crippen molar-refractivity contribution in [3.05, 3.63) is 53.6 Å². The Morgan fingerprint density at radius 3 is 2.61 bits per heavy atom. The summed E-state index contributed by atoms with van der Waals surface area (Å²) in [5, 5.41) is 2.95. The highest BCUT2D eigenvalue weighted by Crippen LogP contribution is 2.37. The first-order valence-electron chi connectivity index (χ1n) is 8.65. The molecular formula is C20H20FN3O4. The number of fused-ring (bicyclic) bond motifs is 1. The molecule has 1 aromatic heterocycles. The predicted octanol–water partition coefficient (Wildman–Crippen LogP) is 3.57. The van der Waals surface area contributed by atoms with Crippen LogP contribution in [0.15, 0.2) is 36.5 Å². The maximum absolute atomic E-state index is 14.9.